The monoisotopic (exact) mass is 249 g/mol. The molecule has 1 unspecified atom stereocenters. The van der Waals surface area contributed by atoms with Crippen LogP contribution in [0, 0.1) is 6.92 Å². The zero-order valence-corrected chi connectivity index (χ0v) is 11.2. The number of aryl methyl sites for hydroxylation is 1. The molecule has 0 saturated carbocycles. The van der Waals surface area contributed by atoms with Gasteiger partial charge in [0.15, 0.2) is 0 Å². The molecule has 1 atom stereocenters. The van der Waals surface area contributed by atoms with E-state index in [2.05, 4.69) is 5.32 Å². The lowest BCUT2D eigenvalue weighted by molar-refractivity contribution is -0.119. The van der Waals surface area contributed by atoms with E-state index in [0.29, 0.717) is 0 Å². The molecule has 2 N–H and O–H groups in total. The summed E-state index contributed by atoms with van der Waals surface area (Å²) in [6, 6.07) is 3.79. The number of carbonyl (C=O) groups is 1. The Bertz CT molecular complexity index is 494. The van der Waals surface area contributed by atoms with Gasteiger partial charge in [-0.1, -0.05) is 6.07 Å². The normalized spacial score (nSPS) is 18.4. The van der Waals surface area contributed by atoms with Gasteiger partial charge in [0.25, 0.3) is 0 Å². The molecular weight excluding hydrogens is 230 g/mol. The van der Waals surface area contributed by atoms with Crippen LogP contribution in [0.3, 0.4) is 0 Å². The minimum absolute atomic E-state index is 0.000943. The quantitative estimate of drug-likeness (QED) is 0.860. The van der Waals surface area contributed by atoms with Gasteiger partial charge >= 0.3 is 0 Å². The number of fused-ring (bicyclic) bond motifs is 1. The lowest BCUT2D eigenvalue weighted by atomic mass is 9.84. The summed E-state index contributed by atoms with van der Waals surface area (Å²) < 4.78 is 4.96. The lowest BCUT2D eigenvalue weighted by Gasteiger charge is -2.18. The van der Waals surface area contributed by atoms with Gasteiger partial charge < -0.3 is 15.2 Å². The highest BCUT2D eigenvalue weighted by Gasteiger charge is 2.39. The lowest BCUT2D eigenvalue weighted by Crippen LogP contribution is -2.27. The Labute approximate surface area is 107 Å². The van der Waals surface area contributed by atoms with Crippen molar-refractivity contribution in [3.8, 4) is 0 Å². The fourth-order valence-electron chi connectivity index (χ4n) is 2.31. The molecule has 0 bridgehead atoms. The van der Waals surface area contributed by atoms with Crippen molar-refractivity contribution in [2.24, 2.45) is 0 Å². The van der Waals surface area contributed by atoms with Gasteiger partial charge in [-0.15, -0.1) is 0 Å². The molecule has 2 rings (SSSR count). The molecule has 0 spiro atoms. The molecular formula is C14H19NO3. The number of benzene rings is 1. The second kappa shape index (κ2) is 4.37. The molecule has 0 fully saturated rings. The highest BCUT2D eigenvalue weighted by atomic mass is 16.5. The summed E-state index contributed by atoms with van der Waals surface area (Å²) >= 11 is 0. The van der Waals surface area contributed by atoms with Crippen LogP contribution in [0.1, 0.15) is 36.6 Å². The van der Waals surface area contributed by atoms with Gasteiger partial charge in [0, 0.05) is 12.8 Å². The first-order valence-corrected chi connectivity index (χ1v) is 6.01. The molecule has 1 aliphatic heterocycles. The summed E-state index contributed by atoms with van der Waals surface area (Å²) in [7, 11) is 1.55. The maximum atomic E-state index is 11.9. The number of hydrogen-bond donors (Lipinski definition) is 2. The third-order valence-corrected chi connectivity index (χ3v) is 3.55. The van der Waals surface area contributed by atoms with Crippen molar-refractivity contribution in [1.29, 1.82) is 0 Å². The van der Waals surface area contributed by atoms with Crippen molar-refractivity contribution < 1.29 is 14.6 Å². The Kier molecular flexibility index (Phi) is 3.17. The summed E-state index contributed by atoms with van der Waals surface area (Å²) in [6.07, 6.45) is -0.662. The molecule has 0 aliphatic carbocycles. The van der Waals surface area contributed by atoms with E-state index in [0.717, 1.165) is 22.4 Å². The Balaban J connectivity index is 2.49. The molecule has 1 aliphatic rings. The molecule has 98 valence electrons. The predicted molar refractivity (Wildman–Crippen MR) is 69.7 cm³/mol. The zero-order valence-electron chi connectivity index (χ0n) is 11.2. The second-order valence-electron chi connectivity index (χ2n) is 5.31. The fourth-order valence-corrected chi connectivity index (χ4v) is 2.31. The molecule has 0 radical (unpaired) electrons. The highest BCUT2D eigenvalue weighted by molar-refractivity contribution is 6.06. The molecule has 18 heavy (non-hydrogen) atoms. The van der Waals surface area contributed by atoms with Crippen LogP contribution in [0.2, 0.25) is 0 Å². The summed E-state index contributed by atoms with van der Waals surface area (Å²) in [5.41, 5.74) is 3.02. The van der Waals surface area contributed by atoms with Crippen LogP contribution in [-0.4, -0.2) is 24.7 Å². The van der Waals surface area contributed by atoms with Crippen molar-refractivity contribution in [2.45, 2.75) is 32.3 Å². The number of methoxy groups -OCH3 is 1. The van der Waals surface area contributed by atoms with Crippen LogP contribution < -0.4 is 5.32 Å². The van der Waals surface area contributed by atoms with Crippen LogP contribution >= 0.6 is 0 Å². The Morgan fingerprint density at radius 2 is 2.11 bits per heavy atom. The van der Waals surface area contributed by atoms with Gasteiger partial charge in [-0.2, -0.15) is 0 Å². The first-order valence-electron chi connectivity index (χ1n) is 6.01. The van der Waals surface area contributed by atoms with E-state index in [4.69, 9.17) is 4.74 Å². The van der Waals surface area contributed by atoms with Crippen molar-refractivity contribution in [2.75, 3.05) is 19.0 Å². The molecule has 0 aromatic heterocycles. The number of nitrogens with one attached hydrogen (secondary N) is 1. The minimum atomic E-state index is -0.662. The number of rotatable bonds is 3. The molecule has 1 aromatic carbocycles. The van der Waals surface area contributed by atoms with Crippen molar-refractivity contribution in [3.05, 3.63) is 28.8 Å². The number of aliphatic hydroxyl groups is 1. The Morgan fingerprint density at radius 1 is 1.44 bits per heavy atom. The number of carbonyl (C=O) groups excluding carboxylic acids is 1. The molecule has 1 amide bonds. The summed E-state index contributed by atoms with van der Waals surface area (Å²) in [5, 5.41) is 12.9. The standard InChI is InChI=1S/C14H19NO3/c1-8-5-9(11(16)7-18-4)6-10-12(8)15-13(17)14(10,2)3/h5-6,11,16H,7H2,1-4H3,(H,15,17). The summed E-state index contributed by atoms with van der Waals surface area (Å²) in [6.45, 7) is 5.96. The summed E-state index contributed by atoms with van der Waals surface area (Å²) in [5.74, 6) is -0.000943. The number of ether oxygens (including phenoxy) is 1. The number of hydrogen-bond acceptors (Lipinski definition) is 3. The number of amides is 1. The SMILES string of the molecule is COCC(O)c1cc(C)c2c(c1)C(C)(C)C(=O)N2. The molecule has 4 heteroatoms. The number of anilines is 1. The fraction of sp³-hybridized carbons (Fsp3) is 0.500. The first-order chi connectivity index (χ1) is 8.37. The first kappa shape index (κ1) is 13.1. The largest absolute Gasteiger partial charge is 0.386 e. The van der Waals surface area contributed by atoms with E-state index >= 15 is 0 Å². The van der Waals surface area contributed by atoms with Crippen LogP contribution in [-0.2, 0) is 14.9 Å². The second-order valence-corrected chi connectivity index (χ2v) is 5.31. The van der Waals surface area contributed by atoms with E-state index in [1.807, 2.05) is 32.9 Å². The van der Waals surface area contributed by atoms with Crippen LogP contribution in [0.15, 0.2) is 12.1 Å². The van der Waals surface area contributed by atoms with Crippen LogP contribution in [0.25, 0.3) is 0 Å². The molecule has 1 heterocycles. The third-order valence-electron chi connectivity index (χ3n) is 3.55. The van der Waals surface area contributed by atoms with Gasteiger partial charge in [-0.3, -0.25) is 4.79 Å². The summed E-state index contributed by atoms with van der Waals surface area (Å²) in [4.78, 5) is 11.9. The van der Waals surface area contributed by atoms with Gasteiger partial charge in [0.2, 0.25) is 5.91 Å². The van der Waals surface area contributed by atoms with Crippen molar-refractivity contribution in [1.82, 2.24) is 0 Å². The minimum Gasteiger partial charge on any atom is -0.386 e. The topological polar surface area (TPSA) is 58.6 Å². The maximum Gasteiger partial charge on any atom is 0.234 e. The van der Waals surface area contributed by atoms with E-state index in [1.165, 1.54) is 0 Å². The zero-order chi connectivity index (χ0) is 13.5. The van der Waals surface area contributed by atoms with E-state index < -0.39 is 11.5 Å². The molecule has 4 nitrogen and oxygen atoms in total. The average molecular weight is 249 g/mol. The molecule has 1 aromatic rings. The average Bonchev–Trinajstić information content (AvgIpc) is 2.52. The highest BCUT2D eigenvalue weighted by Crippen LogP contribution is 2.40. The van der Waals surface area contributed by atoms with Crippen molar-refractivity contribution in [3.63, 3.8) is 0 Å². The maximum absolute atomic E-state index is 11.9. The smallest absolute Gasteiger partial charge is 0.234 e. The Morgan fingerprint density at radius 3 is 2.72 bits per heavy atom. The van der Waals surface area contributed by atoms with Crippen LogP contribution in [0.5, 0.6) is 0 Å². The number of aliphatic hydroxyl groups excluding tert-OH is 1. The van der Waals surface area contributed by atoms with Gasteiger partial charge in [0.05, 0.1) is 12.0 Å². The van der Waals surface area contributed by atoms with Gasteiger partial charge in [0.1, 0.15) is 6.10 Å². The predicted octanol–water partition coefficient (Wildman–Crippen LogP) is 1.90. The van der Waals surface area contributed by atoms with E-state index in [1.54, 1.807) is 7.11 Å². The third kappa shape index (κ3) is 1.91. The van der Waals surface area contributed by atoms with Gasteiger partial charge in [-0.25, -0.2) is 0 Å². The Hall–Kier alpha value is -1.39. The molecule has 0 saturated heterocycles. The van der Waals surface area contributed by atoms with E-state index in [9.17, 15) is 9.90 Å². The van der Waals surface area contributed by atoms with Crippen molar-refractivity contribution >= 4 is 11.6 Å². The van der Waals surface area contributed by atoms with Gasteiger partial charge in [-0.05, 0) is 43.5 Å². The van der Waals surface area contributed by atoms with E-state index in [-0.39, 0.29) is 12.5 Å². The van der Waals surface area contributed by atoms with Crippen LogP contribution in [0.4, 0.5) is 5.69 Å².